The average Bonchev–Trinajstić information content (AvgIpc) is 2.66. The molecule has 1 unspecified atom stereocenters. The number of anilines is 1. The first kappa shape index (κ1) is 23.7. The molecule has 156 valence electrons. The standard InChI is InChI=1S/C22H35N3O3/c1-6-8-9-18(7-2)22(28)25(16(3)4)15-21(27)23-14-20(26)24-19-12-10-17(5)11-13-19/h10-13,16,18H,6-9,14-15H2,1-5H3,(H,23,27)(H,24,26). The number of nitrogens with one attached hydrogen (secondary N) is 2. The molecule has 1 aromatic rings. The maximum atomic E-state index is 12.8. The highest BCUT2D eigenvalue weighted by molar-refractivity contribution is 5.95. The number of benzene rings is 1. The molecular formula is C22H35N3O3. The van der Waals surface area contributed by atoms with Gasteiger partial charge in [0.05, 0.1) is 13.1 Å². The van der Waals surface area contributed by atoms with Crippen molar-refractivity contribution in [3.8, 4) is 0 Å². The molecule has 6 heteroatoms. The van der Waals surface area contributed by atoms with Crippen molar-refractivity contribution >= 4 is 23.4 Å². The van der Waals surface area contributed by atoms with Crippen molar-refractivity contribution in [1.82, 2.24) is 10.2 Å². The summed E-state index contributed by atoms with van der Waals surface area (Å²) in [6.45, 7) is 9.73. The number of hydrogen-bond donors (Lipinski definition) is 2. The van der Waals surface area contributed by atoms with E-state index >= 15 is 0 Å². The van der Waals surface area contributed by atoms with Gasteiger partial charge < -0.3 is 15.5 Å². The molecule has 1 atom stereocenters. The predicted molar refractivity (Wildman–Crippen MR) is 113 cm³/mol. The van der Waals surface area contributed by atoms with Crippen molar-refractivity contribution in [2.45, 2.75) is 66.3 Å². The maximum Gasteiger partial charge on any atom is 0.243 e. The van der Waals surface area contributed by atoms with E-state index in [1.807, 2.05) is 52.0 Å². The Kier molecular flexibility index (Phi) is 10.3. The largest absolute Gasteiger partial charge is 0.345 e. The zero-order valence-corrected chi connectivity index (χ0v) is 17.9. The molecule has 0 aliphatic rings. The van der Waals surface area contributed by atoms with Gasteiger partial charge in [-0.25, -0.2) is 0 Å². The van der Waals surface area contributed by atoms with Crippen molar-refractivity contribution in [2.75, 3.05) is 18.4 Å². The summed E-state index contributed by atoms with van der Waals surface area (Å²) in [4.78, 5) is 38.8. The topological polar surface area (TPSA) is 78.5 Å². The van der Waals surface area contributed by atoms with Crippen LogP contribution in [0.15, 0.2) is 24.3 Å². The monoisotopic (exact) mass is 389 g/mol. The molecule has 3 amide bonds. The van der Waals surface area contributed by atoms with Gasteiger partial charge in [0.15, 0.2) is 0 Å². The summed E-state index contributed by atoms with van der Waals surface area (Å²) in [7, 11) is 0. The van der Waals surface area contributed by atoms with E-state index < -0.39 is 0 Å². The molecule has 0 aliphatic carbocycles. The molecule has 1 aromatic carbocycles. The van der Waals surface area contributed by atoms with Crippen LogP contribution < -0.4 is 10.6 Å². The van der Waals surface area contributed by atoms with Crippen molar-refractivity contribution in [2.24, 2.45) is 5.92 Å². The van der Waals surface area contributed by atoms with E-state index in [0.29, 0.717) is 5.69 Å². The van der Waals surface area contributed by atoms with Crippen LogP contribution in [0.2, 0.25) is 0 Å². The van der Waals surface area contributed by atoms with Gasteiger partial charge in [-0.05, 0) is 45.7 Å². The zero-order chi connectivity index (χ0) is 21.1. The second kappa shape index (κ2) is 12.2. The van der Waals surface area contributed by atoms with E-state index in [4.69, 9.17) is 0 Å². The number of amides is 3. The summed E-state index contributed by atoms with van der Waals surface area (Å²) in [6, 6.07) is 7.37. The highest BCUT2D eigenvalue weighted by atomic mass is 16.2. The van der Waals surface area contributed by atoms with Gasteiger partial charge in [0.1, 0.15) is 0 Å². The first-order valence-electron chi connectivity index (χ1n) is 10.2. The molecule has 0 saturated carbocycles. The summed E-state index contributed by atoms with van der Waals surface area (Å²) in [5.41, 5.74) is 1.79. The third kappa shape index (κ3) is 8.11. The van der Waals surface area contributed by atoms with Crippen LogP contribution in [0.1, 0.15) is 58.9 Å². The Balaban J connectivity index is 2.55. The number of unbranched alkanes of at least 4 members (excludes halogenated alkanes) is 1. The molecule has 28 heavy (non-hydrogen) atoms. The van der Waals surface area contributed by atoms with Gasteiger partial charge in [0.2, 0.25) is 17.7 Å². The highest BCUT2D eigenvalue weighted by Gasteiger charge is 2.26. The lowest BCUT2D eigenvalue weighted by molar-refractivity contribution is -0.141. The zero-order valence-electron chi connectivity index (χ0n) is 17.9. The molecule has 6 nitrogen and oxygen atoms in total. The fourth-order valence-electron chi connectivity index (χ4n) is 2.93. The molecule has 0 radical (unpaired) electrons. The van der Waals surface area contributed by atoms with Crippen molar-refractivity contribution in [3.63, 3.8) is 0 Å². The SMILES string of the molecule is CCCCC(CC)C(=O)N(CC(=O)NCC(=O)Nc1ccc(C)cc1)C(C)C. The number of carbonyl (C=O) groups excluding carboxylic acids is 3. The summed E-state index contributed by atoms with van der Waals surface area (Å²) in [5.74, 6) is -0.661. The third-order valence-electron chi connectivity index (χ3n) is 4.75. The minimum absolute atomic E-state index is 0.0187. The van der Waals surface area contributed by atoms with Crippen molar-refractivity contribution in [1.29, 1.82) is 0 Å². The van der Waals surface area contributed by atoms with Crippen LogP contribution in [0.5, 0.6) is 0 Å². The average molecular weight is 390 g/mol. The summed E-state index contributed by atoms with van der Waals surface area (Å²) < 4.78 is 0. The number of carbonyl (C=O) groups is 3. The minimum atomic E-state index is -0.327. The number of hydrogen-bond acceptors (Lipinski definition) is 3. The lowest BCUT2D eigenvalue weighted by atomic mass is 9.97. The Morgan fingerprint density at radius 2 is 1.68 bits per heavy atom. The molecular weight excluding hydrogens is 354 g/mol. The van der Waals surface area contributed by atoms with Crippen LogP contribution in [0.4, 0.5) is 5.69 Å². The summed E-state index contributed by atoms with van der Waals surface area (Å²) >= 11 is 0. The highest BCUT2D eigenvalue weighted by Crippen LogP contribution is 2.17. The smallest absolute Gasteiger partial charge is 0.243 e. The van der Waals surface area contributed by atoms with Crippen molar-refractivity contribution < 1.29 is 14.4 Å². The first-order chi connectivity index (χ1) is 13.3. The molecule has 2 N–H and O–H groups in total. The van der Waals surface area contributed by atoms with Gasteiger partial charge in [-0.2, -0.15) is 0 Å². The number of rotatable bonds is 11. The Morgan fingerprint density at radius 1 is 1.04 bits per heavy atom. The van der Waals surface area contributed by atoms with Gasteiger partial charge in [-0.3, -0.25) is 14.4 Å². The van der Waals surface area contributed by atoms with Crippen LogP contribution in [0.25, 0.3) is 0 Å². The third-order valence-corrected chi connectivity index (χ3v) is 4.75. The lowest BCUT2D eigenvalue weighted by Crippen LogP contribution is -2.47. The van der Waals surface area contributed by atoms with Crippen LogP contribution in [-0.2, 0) is 14.4 Å². The predicted octanol–water partition coefficient (Wildman–Crippen LogP) is 3.50. The molecule has 0 saturated heterocycles. The fraction of sp³-hybridized carbons (Fsp3) is 0.591. The van der Waals surface area contributed by atoms with Gasteiger partial charge in [-0.15, -0.1) is 0 Å². The molecule has 0 spiro atoms. The Labute approximate surface area is 169 Å². The van der Waals surface area contributed by atoms with E-state index in [9.17, 15) is 14.4 Å². The van der Waals surface area contributed by atoms with E-state index in [-0.39, 0.29) is 42.8 Å². The Bertz CT molecular complexity index is 641. The second-order valence-electron chi connectivity index (χ2n) is 7.50. The first-order valence-corrected chi connectivity index (χ1v) is 10.2. The van der Waals surface area contributed by atoms with Gasteiger partial charge in [0.25, 0.3) is 0 Å². The fourth-order valence-corrected chi connectivity index (χ4v) is 2.93. The maximum absolute atomic E-state index is 12.8. The van der Waals surface area contributed by atoms with Crippen LogP contribution >= 0.6 is 0 Å². The quantitative estimate of drug-likeness (QED) is 0.608. The van der Waals surface area contributed by atoms with E-state index in [0.717, 1.165) is 31.2 Å². The van der Waals surface area contributed by atoms with Gasteiger partial charge >= 0.3 is 0 Å². The molecule has 0 aliphatic heterocycles. The van der Waals surface area contributed by atoms with Gasteiger partial charge in [-0.1, -0.05) is 44.4 Å². The summed E-state index contributed by atoms with van der Waals surface area (Å²) in [5, 5.41) is 5.35. The number of aryl methyl sites for hydroxylation is 1. The Morgan fingerprint density at radius 3 is 2.21 bits per heavy atom. The van der Waals surface area contributed by atoms with Crippen LogP contribution in [0.3, 0.4) is 0 Å². The lowest BCUT2D eigenvalue weighted by Gasteiger charge is -2.30. The molecule has 0 aromatic heterocycles. The molecule has 0 fully saturated rings. The van der Waals surface area contributed by atoms with Gasteiger partial charge in [0, 0.05) is 17.6 Å². The molecule has 0 heterocycles. The number of nitrogens with zero attached hydrogens (tertiary/aromatic N) is 1. The summed E-state index contributed by atoms with van der Waals surface area (Å²) in [6.07, 6.45) is 3.65. The molecule has 0 bridgehead atoms. The molecule has 1 rings (SSSR count). The van der Waals surface area contributed by atoms with Crippen LogP contribution in [-0.4, -0.2) is 41.8 Å². The van der Waals surface area contributed by atoms with E-state index in [2.05, 4.69) is 17.6 Å². The normalized spacial score (nSPS) is 11.8. The minimum Gasteiger partial charge on any atom is -0.345 e. The second-order valence-corrected chi connectivity index (χ2v) is 7.50. The Hall–Kier alpha value is -2.37. The van der Waals surface area contributed by atoms with E-state index in [1.165, 1.54) is 0 Å². The van der Waals surface area contributed by atoms with E-state index in [1.54, 1.807) is 4.90 Å². The van der Waals surface area contributed by atoms with Crippen molar-refractivity contribution in [3.05, 3.63) is 29.8 Å². The van der Waals surface area contributed by atoms with Crippen LogP contribution in [0, 0.1) is 12.8 Å².